The van der Waals surface area contributed by atoms with E-state index in [-0.39, 0.29) is 17.0 Å². The zero-order valence-electron chi connectivity index (χ0n) is 32.9. The molecule has 1 aromatic heterocycles. The number of aromatic nitrogens is 1. The molecule has 0 unspecified atom stereocenters. The molecule has 0 aliphatic heterocycles. The number of para-hydroxylation sites is 1. The summed E-state index contributed by atoms with van der Waals surface area (Å²) in [6.07, 6.45) is 4.12. The van der Waals surface area contributed by atoms with Gasteiger partial charge in [0.25, 0.3) is 5.91 Å². The molecule has 0 aliphatic rings. The maximum Gasteiger partial charge on any atom is 0.259 e. The van der Waals surface area contributed by atoms with Crippen molar-refractivity contribution >= 4 is 84.8 Å². The maximum absolute atomic E-state index is 13.9. The normalized spacial score (nSPS) is 11.6. The van der Waals surface area contributed by atoms with Gasteiger partial charge in [-0.1, -0.05) is 120 Å². The summed E-state index contributed by atoms with van der Waals surface area (Å²) < 4.78 is 0. The summed E-state index contributed by atoms with van der Waals surface area (Å²) in [5, 5.41) is 27.3. The number of rotatable bonds is 9. The number of anilines is 4. The van der Waals surface area contributed by atoms with Crippen LogP contribution >= 0.6 is 0 Å². The Morgan fingerprint density at radius 3 is 1.76 bits per heavy atom. The van der Waals surface area contributed by atoms with Gasteiger partial charge in [0.15, 0.2) is 5.75 Å². The Morgan fingerprint density at radius 2 is 1.15 bits per heavy atom. The van der Waals surface area contributed by atoms with Gasteiger partial charge in [0.2, 0.25) is 0 Å². The SMILES string of the molecule is Cc1ccc(N=Nc2c(O)c(C(=O)Nc3ccc(/C=C/c4ccc(N(c5ccc(C)cc5)c5ccc(C)cc5)cc4)cc3)cc3ccc4c5ccccc5[nH]c4c23)cc1. The highest BCUT2D eigenvalue weighted by molar-refractivity contribution is 6.22. The van der Waals surface area contributed by atoms with Crippen LogP contribution in [0.4, 0.5) is 34.1 Å². The Bertz CT molecular complexity index is 2990. The van der Waals surface area contributed by atoms with Gasteiger partial charge in [-0.3, -0.25) is 4.79 Å². The second-order valence-electron chi connectivity index (χ2n) is 14.9. The van der Waals surface area contributed by atoms with E-state index in [0.29, 0.717) is 16.8 Å². The van der Waals surface area contributed by atoms with Gasteiger partial charge in [0.05, 0.1) is 16.8 Å². The molecule has 286 valence electrons. The lowest BCUT2D eigenvalue weighted by Gasteiger charge is -2.25. The highest BCUT2D eigenvalue weighted by Gasteiger charge is 2.22. The molecule has 7 nitrogen and oxygen atoms in total. The minimum atomic E-state index is -0.457. The molecule has 9 rings (SSSR count). The smallest absolute Gasteiger partial charge is 0.259 e. The number of carbonyl (C=O) groups excluding carboxylic acids is 1. The molecule has 0 radical (unpaired) electrons. The van der Waals surface area contributed by atoms with Crippen LogP contribution in [0.15, 0.2) is 174 Å². The van der Waals surface area contributed by atoms with Crippen LogP contribution in [0.5, 0.6) is 5.75 Å². The Labute approximate surface area is 342 Å². The largest absolute Gasteiger partial charge is 0.505 e. The first-order valence-corrected chi connectivity index (χ1v) is 19.6. The van der Waals surface area contributed by atoms with Gasteiger partial charge in [-0.15, -0.1) is 5.11 Å². The molecule has 0 bridgehead atoms. The van der Waals surface area contributed by atoms with Crippen molar-refractivity contribution in [2.24, 2.45) is 10.2 Å². The molecule has 8 aromatic carbocycles. The molecule has 0 saturated heterocycles. The molecular weight excluding hydrogens is 727 g/mol. The van der Waals surface area contributed by atoms with E-state index >= 15 is 0 Å². The fourth-order valence-corrected chi connectivity index (χ4v) is 7.41. The van der Waals surface area contributed by atoms with E-state index in [1.54, 1.807) is 6.07 Å². The molecule has 0 atom stereocenters. The molecule has 3 N–H and O–H groups in total. The van der Waals surface area contributed by atoms with E-state index in [0.717, 1.165) is 60.9 Å². The van der Waals surface area contributed by atoms with Crippen LogP contribution in [-0.4, -0.2) is 16.0 Å². The zero-order valence-corrected chi connectivity index (χ0v) is 32.9. The number of phenols is 1. The number of fused-ring (bicyclic) bond motifs is 5. The molecule has 59 heavy (non-hydrogen) atoms. The summed E-state index contributed by atoms with van der Waals surface area (Å²) in [7, 11) is 0. The lowest BCUT2D eigenvalue weighted by atomic mass is 10.00. The molecule has 7 heteroatoms. The molecule has 0 saturated carbocycles. The van der Waals surface area contributed by atoms with E-state index in [4.69, 9.17) is 0 Å². The van der Waals surface area contributed by atoms with Crippen molar-refractivity contribution in [2.45, 2.75) is 20.8 Å². The third kappa shape index (κ3) is 7.57. The first-order valence-electron chi connectivity index (χ1n) is 19.6. The van der Waals surface area contributed by atoms with Gasteiger partial charge >= 0.3 is 0 Å². The van der Waals surface area contributed by atoms with Crippen molar-refractivity contribution in [3.8, 4) is 5.75 Å². The molecule has 0 spiro atoms. The van der Waals surface area contributed by atoms with Crippen LogP contribution in [0.3, 0.4) is 0 Å². The summed E-state index contributed by atoms with van der Waals surface area (Å²) in [5.74, 6) is -0.704. The number of hydrogen-bond acceptors (Lipinski definition) is 5. The Hall–Kier alpha value is -7.77. The maximum atomic E-state index is 13.9. The Kier molecular flexibility index (Phi) is 9.77. The second kappa shape index (κ2) is 15.6. The van der Waals surface area contributed by atoms with Crippen LogP contribution < -0.4 is 10.2 Å². The van der Waals surface area contributed by atoms with E-state index < -0.39 is 5.91 Å². The van der Waals surface area contributed by atoms with E-state index in [2.05, 4.69) is 124 Å². The first-order chi connectivity index (χ1) is 28.8. The minimum Gasteiger partial charge on any atom is -0.505 e. The number of azo groups is 1. The highest BCUT2D eigenvalue weighted by Crippen LogP contribution is 2.44. The van der Waals surface area contributed by atoms with Crippen molar-refractivity contribution in [1.29, 1.82) is 0 Å². The number of nitrogens with zero attached hydrogens (tertiary/aromatic N) is 3. The Morgan fingerprint density at radius 1 is 0.610 bits per heavy atom. The number of aryl methyl sites for hydroxylation is 3. The van der Waals surface area contributed by atoms with Gasteiger partial charge in [-0.05, 0) is 110 Å². The van der Waals surface area contributed by atoms with E-state index in [1.807, 2.05) is 91.9 Å². The number of phenolic OH excluding ortho intramolecular Hbond substituents is 1. The molecular formula is C52H41N5O2. The van der Waals surface area contributed by atoms with Gasteiger partial charge in [0, 0.05) is 44.4 Å². The third-order valence-electron chi connectivity index (χ3n) is 10.6. The molecule has 0 fully saturated rings. The van der Waals surface area contributed by atoms with Crippen LogP contribution in [0.1, 0.15) is 38.2 Å². The first kappa shape index (κ1) is 36.8. The second-order valence-corrected chi connectivity index (χ2v) is 14.9. The predicted octanol–water partition coefficient (Wildman–Crippen LogP) is 14.4. The van der Waals surface area contributed by atoms with Gasteiger partial charge in [0.1, 0.15) is 5.69 Å². The number of aromatic hydroxyl groups is 1. The van der Waals surface area contributed by atoms with Crippen molar-refractivity contribution in [2.75, 3.05) is 10.2 Å². The fraction of sp³-hybridized carbons (Fsp3) is 0.0577. The fourth-order valence-electron chi connectivity index (χ4n) is 7.41. The summed E-state index contributed by atoms with van der Waals surface area (Å²) in [6, 6.07) is 54.7. The van der Waals surface area contributed by atoms with Crippen LogP contribution in [0.2, 0.25) is 0 Å². The van der Waals surface area contributed by atoms with Gasteiger partial charge < -0.3 is 20.3 Å². The summed E-state index contributed by atoms with van der Waals surface area (Å²) in [5.41, 5.74) is 12.2. The van der Waals surface area contributed by atoms with Gasteiger partial charge in [-0.2, -0.15) is 5.11 Å². The van der Waals surface area contributed by atoms with Crippen LogP contribution in [-0.2, 0) is 0 Å². The topological polar surface area (TPSA) is 93.1 Å². The number of carbonyl (C=O) groups is 1. The third-order valence-corrected chi connectivity index (χ3v) is 10.6. The van der Waals surface area contributed by atoms with Crippen molar-refractivity contribution in [3.63, 3.8) is 0 Å². The predicted molar refractivity (Wildman–Crippen MR) is 244 cm³/mol. The standard InChI is InChI=1S/C52H41N5O2/c1-33-8-21-40(22-9-33)55-56-50-48-38(20-31-45-44-6-4-5-7-47(44)54-49(45)48)32-46(51(50)58)52(59)53-39-23-16-36(17-24-39)14-15-37-18-29-43(30-19-37)57(41-25-10-34(2)11-26-41)42-27-12-35(3)13-28-42/h4-32,54,58H,1-3H3,(H,53,59)/b15-14+,56-55?. The average molecular weight is 768 g/mol. The number of amides is 1. The van der Waals surface area contributed by atoms with Crippen LogP contribution in [0.25, 0.3) is 44.7 Å². The summed E-state index contributed by atoms with van der Waals surface area (Å²) >= 11 is 0. The summed E-state index contributed by atoms with van der Waals surface area (Å²) in [6.45, 7) is 6.20. The van der Waals surface area contributed by atoms with Gasteiger partial charge in [-0.25, -0.2) is 0 Å². The quantitative estimate of drug-likeness (QED) is 0.101. The van der Waals surface area contributed by atoms with Crippen molar-refractivity contribution in [1.82, 2.24) is 4.98 Å². The van der Waals surface area contributed by atoms with Crippen molar-refractivity contribution < 1.29 is 9.90 Å². The zero-order chi connectivity index (χ0) is 40.5. The number of nitrogens with one attached hydrogen (secondary N) is 2. The highest BCUT2D eigenvalue weighted by atomic mass is 16.3. The molecule has 1 heterocycles. The van der Waals surface area contributed by atoms with Crippen LogP contribution in [0, 0.1) is 20.8 Å². The number of benzene rings is 8. The lowest BCUT2D eigenvalue weighted by molar-refractivity contribution is 0.102. The average Bonchev–Trinajstić information content (AvgIpc) is 3.64. The molecule has 0 aliphatic carbocycles. The molecule has 9 aromatic rings. The molecule has 1 amide bonds. The van der Waals surface area contributed by atoms with Crippen molar-refractivity contribution in [3.05, 3.63) is 197 Å². The lowest BCUT2D eigenvalue weighted by Crippen LogP contribution is -2.12. The van der Waals surface area contributed by atoms with E-state index in [1.165, 1.54) is 11.1 Å². The monoisotopic (exact) mass is 767 g/mol. The Balaban J connectivity index is 0.961. The number of H-pyrrole nitrogens is 1. The van der Waals surface area contributed by atoms with E-state index in [9.17, 15) is 9.90 Å². The number of hydrogen-bond donors (Lipinski definition) is 3. The number of aromatic amines is 1. The minimum absolute atomic E-state index is 0.0987. The summed E-state index contributed by atoms with van der Waals surface area (Å²) in [4.78, 5) is 19.6.